The number of ether oxygens (including phenoxy) is 1. The Hall–Kier alpha value is -3.46. The summed E-state index contributed by atoms with van der Waals surface area (Å²) in [5, 5.41) is 13.1. The molecule has 2 aromatic heterocycles. The summed E-state index contributed by atoms with van der Waals surface area (Å²) >= 11 is 1.19. The number of aryl methyl sites for hydroxylation is 3. The maximum atomic E-state index is 12.5. The largest absolute Gasteiger partial charge is 0.460 e. The van der Waals surface area contributed by atoms with Crippen molar-refractivity contribution in [3.05, 3.63) is 74.6 Å². The van der Waals surface area contributed by atoms with Crippen LogP contribution in [0, 0.1) is 20.8 Å². The van der Waals surface area contributed by atoms with Crippen LogP contribution in [0.15, 0.2) is 50.8 Å². The van der Waals surface area contributed by atoms with E-state index in [0.29, 0.717) is 22.2 Å². The van der Waals surface area contributed by atoms with Crippen molar-refractivity contribution in [1.29, 1.82) is 0 Å². The molecule has 0 N–H and O–H groups in total. The topological polar surface area (TPSA) is 100 Å². The molecule has 0 aliphatic rings. The van der Waals surface area contributed by atoms with E-state index in [-0.39, 0.29) is 12.4 Å². The zero-order chi connectivity index (χ0) is 24.4. The minimum atomic E-state index is -0.475. The van der Waals surface area contributed by atoms with Crippen molar-refractivity contribution in [3.63, 3.8) is 0 Å². The molecule has 176 valence electrons. The molecule has 0 bridgehead atoms. The van der Waals surface area contributed by atoms with Crippen LogP contribution in [0.25, 0.3) is 16.7 Å². The lowest BCUT2D eigenvalue weighted by Crippen LogP contribution is -2.11. The number of rotatable bonds is 7. The third-order valence-corrected chi connectivity index (χ3v) is 6.47. The van der Waals surface area contributed by atoms with E-state index < -0.39 is 11.6 Å². The van der Waals surface area contributed by atoms with E-state index in [2.05, 4.69) is 29.4 Å². The highest BCUT2D eigenvalue weighted by Gasteiger charge is 2.16. The van der Waals surface area contributed by atoms with Crippen LogP contribution in [0.1, 0.15) is 47.6 Å². The van der Waals surface area contributed by atoms with E-state index in [1.54, 1.807) is 4.68 Å². The molecule has 0 aliphatic heterocycles. The number of carbonyl (C=O) groups is 1. The maximum Gasteiger partial charge on any atom is 0.336 e. The Morgan fingerprint density at radius 2 is 1.91 bits per heavy atom. The monoisotopic (exact) mass is 478 g/mol. The molecule has 2 aromatic carbocycles. The lowest BCUT2D eigenvalue weighted by molar-refractivity contribution is -0.141. The van der Waals surface area contributed by atoms with Crippen LogP contribution >= 0.6 is 11.8 Å². The standard InChI is InChI=1S/C25H26N4O4S/c1-14(2)19-11-20-18(10-23(30)33-22(20)9-17(19)5)12-32-24(31)13-34-25-26-27-28-29(25)21-8-15(3)6-7-16(21)4/h6-11,14H,12-13H2,1-5H3. The van der Waals surface area contributed by atoms with Gasteiger partial charge < -0.3 is 9.15 Å². The molecule has 8 nitrogen and oxygen atoms in total. The summed E-state index contributed by atoms with van der Waals surface area (Å²) < 4.78 is 12.5. The van der Waals surface area contributed by atoms with Crippen molar-refractivity contribution in [2.24, 2.45) is 0 Å². The van der Waals surface area contributed by atoms with Crippen LogP contribution in [0.3, 0.4) is 0 Å². The third-order valence-electron chi connectivity index (χ3n) is 5.58. The molecule has 4 aromatic rings. The van der Waals surface area contributed by atoms with Gasteiger partial charge in [0.25, 0.3) is 0 Å². The number of thioether (sulfide) groups is 1. The SMILES string of the molecule is Cc1ccc(C)c(-n2nnnc2SCC(=O)OCc2cc(=O)oc3cc(C)c(C(C)C)cc23)c1. The predicted octanol–water partition coefficient (Wildman–Crippen LogP) is 4.65. The number of nitrogens with zero attached hydrogens (tertiary/aromatic N) is 4. The molecule has 0 fully saturated rings. The fraction of sp³-hybridized carbons (Fsp3) is 0.320. The molecule has 0 unspecified atom stereocenters. The van der Waals surface area contributed by atoms with E-state index in [9.17, 15) is 9.59 Å². The zero-order valence-electron chi connectivity index (χ0n) is 19.8. The van der Waals surface area contributed by atoms with Gasteiger partial charge in [-0.15, -0.1) is 5.10 Å². The number of fused-ring (bicyclic) bond motifs is 1. The second-order valence-electron chi connectivity index (χ2n) is 8.56. The summed E-state index contributed by atoms with van der Waals surface area (Å²) in [6.07, 6.45) is 0. The Morgan fingerprint density at radius 3 is 2.68 bits per heavy atom. The highest BCUT2D eigenvalue weighted by Crippen LogP contribution is 2.27. The molecule has 2 heterocycles. The predicted molar refractivity (Wildman–Crippen MR) is 130 cm³/mol. The number of aromatic nitrogens is 4. The average molecular weight is 479 g/mol. The van der Waals surface area contributed by atoms with Crippen molar-refractivity contribution < 1.29 is 13.9 Å². The Morgan fingerprint density at radius 1 is 1.12 bits per heavy atom. The van der Waals surface area contributed by atoms with Gasteiger partial charge in [-0.1, -0.05) is 37.7 Å². The van der Waals surface area contributed by atoms with Gasteiger partial charge in [-0.25, -0.2) is 4.79 Å². The van der Waals surface area contributed by atoms with E-state index >= 15 is 0 Å². The second kappa shape index (κ2) is 9.80. The molecule has 0 radical (unpaired) electrons. The van der Waals surface area contributed by atoms with Gasteiger partial charge >= 0.3 is 11.6 Å². The van der Waals surface area contributed by atoms with Gasteiger partial charge in [0.2, 0.25) is 5.16 Å². The number of hydrogen-bond donors (Lipinski definition) is 0. The minimum Gasteiger partial charge on any atom is -0.460 e. The van der Waals surface area contributed by atoms with Crippen LogP contribution in [-0.2, 0) is 16.1 Å². The van der Waals surface area contributed by atoms with Gasteiger partial charge in [-0.05, 0) is 77.6 Å². The van der Waals surface area contributed by atoms with Crippen LogP contribution in [0.5, 0.6) is 0 Å². The van der Waals surface area contributed by atoms with Crippen LogP contribution in [0.2, 0.25) is 0 Å². The van der Waals surface area contributed by atoms with Crippen molar-refractivity contribution in [1.82, 2.24) is 20.2 Å². The van der Waals surface area contributed by atoms with E-state index in [1.807, 2.05) is 51.1 Å². The molecule has 0 saturated carbocycles. The lowest BCUT2D eigenvalue weighted by Gasteiger charge is -2.13. The Bertz CT molecular complexity index is 1420. The molecule has 34 heavy (non-hydrogen) atoms. The highest BCUT2D eigenvalue weighted by molar-refractivity contribution is 7.99. The van der Waals surface area contributed by atoms with Gasteiger partial charge in [0.1, 0.15) is 12.2 Å². The number of esters is 1. The van der Waals surface area contributed by atoms with Crippen molar-refractivity contribution in [2.45, 2.75) is 52.3 Å². The summed E-state index contributed by atoms with van der Waals surface area (Å²) in [5.74, 6) is -0.0924. The fourth-order valence-electron chi connectivity index (χ4n) is 3.82. The first-order valence-corrected chi connectivity index (χ1v) is 11.9. The summed E-state index contributed by atoms with van der Waals surface area (Å²) in [6, 6.07) is 11.3. The number of tetrazole rings is 1. The fourth-order valence-corrected chi connectivity index (χ4v) is 4.51. The molecular formula is C25H26N4O4S. The number of carbonyl (C=O) groups excluding carboxylic acids is 1. The molecule has 0 saturated heterocycles. The molecule has 9 heteroatoms. The van der Waals surface area contributed by atoms with Gasteiger partial charge in [-0.2, -0.15) is 4.68 Å². The third kappa shape index (κ3) is 5.04. The first kappa shape index (κ1) is 23.7. The van der Waals surface area contributed by atoms with Crippen molar-refractivity contribution >= 4 is 28.7 Å². The Labute approximate surface area is 201 Å². The Balaban J connectivity index is 1.48. The highest BCUT2D eigenvalue weighted by atomic mass is 32.2. The molecule has 0 aliphatic carbocycles. The number of benzene rings is 2. The van der Waals surface area contributed by atoms with E-state index in [0.717, 1.165) is 33.3 Å². The second-order valence-corrected chi connectivity index (χ2v) is 9.51. The quantitative estimate of drug-likeness (QED) is 0.215. The van der Waals surface area contributed by atoms with E-state index in [1.165, 1.54) is 17.8 Å². The normalized spacial score (nSPS) is 11.4. The summed E-state index contributed by atoms with van der Waals surface area (Å²) in [6.45, 7) is 10.2. The number of hydrogen-bond acceptors (Lipinski definition) is 8. The molecule has 4 rings (SSSR count). The van der Waals surface area contributed by atoms with Gasteiger partial charge in [-0.3, -0.25) is 4.79 Å². The average Bonchev–Trinajstić information content (AvgIpc) is 3.25. The smallest absolute Gasteiger partial charge is 0.336 e. The minimum absolute atomic E-state index is 0.0238. The lowest BCUT2D eigenvalue weighted by atomic mass is 9.95. The molecule has 0 amide bonds. The van der Waals surface area contributed by atoms with Crippen LogP contribution in [-0.4, -0.2) is 31.9 Å². The summed E-state index contributed by atoms with van der Waals surface area (Å²) in [7, 11) is 0. The molecule has 0 spiro atoms. The van der Waals surface area contributed by atoms with Gasteiger partial charge in [0, 0.05) is 17.0 Å². The van der Waals surface area contributed by atoms with E-state index in [4.69, 9.17) is 9.15 Å². The summed E-state index contributed by atoms with van der Waals surface area (Å²) in [4.78, 5) is 24.6. The first-order valence-electron chi connectivity index (χ1n) is 10.9. The zero-order valence-corrected chi connectivity index (χ0v) is 20.6. The van der Waals surface area contributed by atoms with Gasteiger partial charge in [0.05, 0.1) is 11.4 Å². The maximum absolute atomic E-state index is 12.5. The van der Waals surface area contributed by atoms with Crippen molar-refractivity contribution in [2.75, 3.05) is 5.75 Å². The van der Waals surface area contributed by atoms with Crippen LogP contribution < -0.4 is 5.63 Å². The first-order chi connectivity index (χ1) is 16.2. The van der Waals surface area contributed by atoms with Gasteiger partial charge in [0.15, 0.2) is 0 Å². The van der Waals surface area contributed by atoms with Crippen LogP contribution in [0.4, 0.5) is 0 Å². The van der Waals surface area contributed by atoms with Crippen molar-refractivity contribution in [3.8, 4) is 5.69 Å². The molecular weight excluding hydrogens is 452 g/mol. The summed E-state index contributed by atoms with van der Waals surface area (Å²) in [5.41, 5.74) is 5.81. The Kier molecular flexibility index (Phi) is 6.83. The molecule has 0 atom stereocenters.